The third-order valence-electron chi connectivity index (χ3n) is 5.45. The number of aliphatic hydroxyl groups is 1. The SMILES string of the molecule is CC.CC(=O)OCC(=C=O)C[C@H]1O[C@@H](CC2OCCCC2=O)C(O)[C@H]1OCc1ccccc1. The van der Waals surface area contributed by atoms with Crippen LogP contribution in [0.1, 0.15) is 52.0 Å². The number of carbonyl (C=O) groups excluding carboxylic acids is 3. The highest BCUT2D eigenvalue weighted by Crippen LogP contribution is 2.32. The van der Waals surface area contributed by atoms with Crippen LogP contribution in [-0.4, -0.2) is 66.5 Å². The van der Waals surface area contributed by atoms with Crippen molar-refractivity contribution in [2.75, 3.05) is 13.2 Å². The van der Waals surface area contributed by atoms with E-state index in [2.05, 4.69) is 0 Å². The minimum absolute atomic E-state index is 0.00408. The Bertz CT molecular complexity index is 802. The number of hydrogen-bond donors (Lipinski definition) is 1. The number of ketones is 1. The molecule has 8 nitrogen and oxygen atoms in total. The van der Waals surface area contributed by atoms with Crippen molar-refractivity contribution in [3.05, 3.63) is 41.5 Å². The van der Waals surface area contributed by atoms with Gasteiger partial charge in [0.05, 0.1) is 24.4 Å². The van der Waals surface area contributed by atoms with Crippen molar-refractivity contribution in [1.82, 2.24) is 0 Å². The smallest absolute Gasteiger partial charge is 0.302 e. The molecule has 2 fully saturated rings. The van der Waals surface area contributed by atoms with Crippen LogP contribution in [0.2, 0.25) is 0 Å². The van der Waals surface area contributed by atoms with Gasteiger partial charge in [-0.15, -0.1) is 0 Å². The van der Waals surface area contributed by atoms with Gasteiger partial charge in [-0.1, -0.05) is 44.2 Å². The summed E-state index contributed by atoms with van der Waals surface area (Å²) in [4.78, 5) is 34.5. The van der Waals surface area contributed by atoms with Gasteiger partial charge < -0.3 is 24.1 Å². The minimum Gasteiger partial charge on any atom is -0.461 e. The van der Waals surface area contributed by atoms with Crippen LogP contribution >= 0.6 is 0 Å². The second-order valence-corrected chi connectivity index (χ2v) is 7.82. The third kappa shape index (κ3) is 8.18. The van der Waals surface area contributed by atoms with Crippen molar-refractivity contribution in [3.63, 3.8) is 0 Å². The molecule has 1 aromatic rings. The Morgan fingerprint density at radius 3 is 2.58 bits per heavy atom. The zero-order valence-corrected chi connectivity index (χ0v) is 19.5. The second-order valence-electron chi connectivity index (χ2n) is 7.82. The molecule has 1 aromatic carbocycles. The molecule has 0 aromatic heterocycles. The van der Waals surface area contributed by atoms with Crippen LogP contribution in [0.5, 0.6) is 0 Å². The molecule has 2 heterocycles. The molecule has 8 heteroatoms. The van der Waals surface area contributed by atoms with E-state index >= 15 is 0 Å². The van der Waals surface area contributed by atoms with Crippen molar-refractivity contribution in [3.8, 4) is 0 Å². The third-order valence-corrected chi connectivity index (χ3v) is 5.45. The van der Waals surface area contributed by atoms with Gasteiger partial charge in [0, 0.05) is 32.8 Å². The Morgan fingerprint density at radius 1 is 1.21 bits per heavy atom. The second kappa shape index (κ2) is 14.0. The first-order valence-corrected chi connectivity index (χ1v) is 11.5. The van der Waals surface area contributed by atoms with E-state index in [1.807, 2.05) is 44.2 Å². The van der Waals surface area contributed by atoms with E-state index in [0.29, 0.717) is 19.4 Å². The van der Waals surface area contributed by atoms with E-state index in [1.165, 1.54) is 6.92 Å². The molecular formula is C25H34O8. The Balaban J connectivity index is 0.00000187. The number of hydrogen-bond acceptors (Lipinski definition) is 8. The summed E-state index contributed by atoms with van der Waals surface area (Å²) in [5.74, 6) is 1.27. The normalized spacial score (nSPS) is 26.7. The summed E-state index contributed by atoms with van der Waals surface area (Å²) >= 11 is 0. The fourth-order valence-electron chi connectivity index (χ4n) is 3.84. The average molecular weight is 463 g/mol. The van der Waals surface area contributed by atoms with E-state index < -0.39 is 36.5 Å². The molecule has 182 valence electrons. The van der Waals surface area contributed by atoms with Crippen molar-refractivity contribution >= 4 is 17.7 Å². The van der Waals surface area contributed by atoms with Crippen LogP contribution in [0.15, 0.2) is 35.9 Å². The molecule has 0 bridgehead atoms. The van der Waals surface area contributed by atoms with Crippen LogP contribution in [0, 0.1) is 0 Å². The van der Waals surface area contributed by atoms with Gasteiger partial charge in [0.25, 0.3) is 0 Å². The molecule has 0 amide bonds. The Morgan fingerprint density at radius 2 is 1.94 bits per heavy atom. The summed E-state index contributed by atoms with van der Waals surface area (Å²) in [5, 5.41) is 10.9. The average Bonchev–Trinajstić information content (AvgIpc) is 3.12. The van der Waals surface area contributed by atoms with Crippen LogP contribution in [0.3, 0.4) is 0 Å². The summed E-state index contributed by atoms with van der Waals surface area (Å²) in [6.07, 6.45) is -2.25. The monoisotopic (exact) mass is 462 g/mol. The number of benzene rings is 1. The predicted octanol–water partition coefficient (Wildman–Crippen LogP) is 2.58. The van der Waals surface area contributed by atoms with E-state index in [4.69, 9.17) is 18.9 Å². The summed E-state index contributed by atoms with van der Waals surface area (Å²) in [6, 6.07) is 9.48. The van der Waals surface area contributed by atoms with E-state index in [-0.39, 0.29) is 37.4 Å². The molecule has 2 aliphatic heterocycles. The highest BCUT2D eigenvalue weighted by Gasteiger charge is 2.46. The maximum absolute atomic E-state index is 12.1. The van der Waals surface area contributed by atoms with Gasteiger partial charge in [0.2, 0.25) is 0 Å². The quantitative estimate of drug-likeness (QED) is 0.441. The lowest BCUT2D eigenvalue weighted by atomic mass is 9.96. The van der Waals surface area contributed by atoms with Gasteiger partial charge in [-0.2, -0.15) is 0 Å². The molecule has 2 saturated heterocycles. The number of esters is 1. The zero-order chi connectivity index (χ0) is 24.2. The first-order valence-electron chi connectivity index (χ1n) is 11.5. The molecule has 2 unspecified atom stereocenters. The van der Waals surface area contributed by atoms with Crippen molar-refractivity contribution < 1.29 is 38.4 Å². The summed E-state index contributed by atoms with van der Waals surface area (Å²) < 4.78 is 22.5. The number of carbonyl (C=O) groups is 2. The van der Waals surface area contributed by atoms with E-state index in [1.54, 1.807) is 5.94 Å². The first-order chi connectivity index (χ1) is 16.0. The molecule has 33 heavy (non-hydrogen) atoms. The predicted molar refractivity (Wildman–Crippen MR) is 120 cm³/mol. The van der Waals surface area contributed by atoms with Crippen LogP contribution < -0.4 is 0 Å². The summed E-state index contributed by atoms with van der Waals surface area (Å²) in [5.41, 5.74) is 1.13. The lowest BCUT2D eigenvalue weighted by Gasteiger charge is -2.25. The lowest BCUT2D eigenvalue weighted by molar-refractivity contribution is -0.140. The largest absolute Gasteiger partial charge is 0.461 e. The molecule has 0 aliphatic carbocycles. The van der Waals surface area contributed by atoms with Crippen LogP contribution in [0.25, 0.3) is 0 Å². The Kier molecular flexibility index (Phi) is 11.4. The van der Waals surface area contributed by atoms with Crippen LogP contribution in [0.4, 0.5) is 0 Å². The lowest BCUT2D eigenvalue weighted by Crippen LogP contribution is -2.39. The molecule has 1 N–H and O–H groups in total. The van der Waals surface area contributed by atoms with Gasteiger partial charge in [0.1, 0.15) is 30.9 Å². The molecule has 0 saturated carbocycles. The fraction of sp³-hybridized carbons (Fsp3) is 0.600. The van der Waals surface area contributed by atoms with E-state index in [0.717, 1.165) is 5.56 Å². The summed E-state index contributed by atoms with van der Waals surface area (Å²) in [7, 11) is 0. The number of rotatable bonds is 9. The number of Topliss-reactive ketones (excluding diaryl/α,β-unsaturated/α-hetero) is 1. The molecular weight excluding hydrogens is 428 g/mol. The molecule has 2 aliphatic rings. The Labute approximate surface area is 194 Å². The highest BCUT2D eigenvalue weighted by molar-refractivity contribution is 5.83. The topological polar surface area (TPSA) is 108 Å². The number of ether oxygens (including phenoxy) is 4. The first kappa shape index (κ1) is 26.9. The fourth-order valence-corrected chi connectivity index (χ4v) is 3.84. The maximum atomic E-state index is 12.1. The van der Waals surface area contributed by atoms with E-state index in [9.17, 15) is 19.5 Å². The number of aliphatic hydroxyl groups excluding tert-OH is 1. The van der Waals surface area contributed by atoms with Gasteiger partial charge in [-0.3, -0.25) is 9.59 Å². The van der Waals surface area contributed by atoms with Crippen molar-refractivity contribution in [1.29, 1.82) is 0 Å². The standard InChI is InChI=1S/C23H28O8.C2H6/c1-15(25)29-14-17(12-24)10-21-23(30-13-16-6-3-2-4-7-16)22(27)20(31-21)11-19-18(26)8-5-9-28-19;1-2/h2-4,6-7,19-23,27H,5,8-11,13-14H2,1H3;1-2H3/t19?,20-,21+,22?,23-;/m0./s1. The molecule has 0 radical (unpaired) electrons. The van der Waals surface area contributed by atoms with Gasteiger partial charge in [0.15, 0.2) is 5.78 Å². The van der Waals surface area contributed by atoms with Crippen molar-refractivity contribution in [2.24, 2.45) is 0 Å². The van der Waals surface area contributed by atoms with Gasteiger partial charge >= 0.3 is 5.97 Å². The van der Waals surface area contributed by atoms with Gasteiger partial charge in [-0.05, 0) is 12.0 Å². The van der Waals surface area contributed by atoms with Crippen molar-refractivity contribution in [2.45, 2.75) is 83.6 Å². The van der Waals surface area contributed by atoms with Gasteiger partial charge in [-0.25, -0.2) is 4.79 Å². The zero-order valence-electron chi connectivity index (χ0n) is 19.5. The molecule has 0 spiro atoms. The van der Waals surface area contributed by atoms with Crippen LogP contribution in [-0.2, 0) is 39.9 Å². The highest BCUT2D eigenvalue weighted by atomic mass is 16.6. The maximum Gasteiger partial charge on any atom is 0.302 e. The Hall–Kier alpha value is -2.35. The molecule has 5 atom stereocenters. The minimum atomic E-state index is -1.01. The summed E-state index contributed by atoms with van der Waals surface area (Å²) in [6.45, 7) is 5.80. The molecule has 3 rings (SSSR count).